The topological polar surface area (TPSA) is 81.3 Å². The van der Waals surface area contributed by atoms with Crippen molar-refractivity contribution in [3.05, 3.63) is 53.5 Å². The summed E-state index contributed by atoms with van der Waals surface area (Å²) in [6, 6.07) is 7.47. The molecule has 1 unspecified atom stereocenters. The van der Waals surface area contributed by atoms with Gasteiger partial charge in [0.2, 0.25) is 0 Å². The van der Waals surface area contributed by atoms with Crippen LogP contribution in [0.5, 0.6) is 0 Å². The number of hydrogen-bond acceptors (Lipinski definition) is 5. The van der Waals surface area contributed by atoms with E-state index in [0.29, 0.717) is 31.1 Å². The highest BCUT2D eigenvalue weighted by atomic mass is 16.5. The molecule has 1 amide bonds. The molecule has 6 heteroatoms. The molecule has 3 heterocycles. The lowest BCUT2D eigenvalue weighted by atomic mass is 10.1. The van der Waals surface area contributed by atoms with Crippen LogP contribution in [0.15, 0.2) is 36.7 Å². The van der Waals surface area contributed by atoms with E-state index < -0.39 is 0 Å². The first kappa shape index (κ1) is 16.4. The molecule has 0 bridgehead atoms. The Bertz CT molecular complexity index is 720. The molecule has 1 atom stereocenters. The molecule has 126 valence electrons. The lowest BCUT2D eigenvalue weighted by Gasteiger charge is -2.33. The average Bonchev–Trinajstić information content (AvgIpc) is 2.60. The van der Waals surface area contributed by atoms with Crippen LogP contribution in [0.1, 0.15) is 28.0 Å². The van der Waals surface area contributed by atoms with Crippen molar-refractivity contribution in [1.29, 1.82) is 0 Å². The summed E-state index contributed by atoms with van der Waals surface area (Å²) < 4.78 is 5.82. The number of ether oxygens (including phenoxy) is 1. The van der Waals surface area contributed by atoms with E-state index in [1.165, 1.54) is 0 Å². The van der Waals surface area contributed by atoms with Crippen LogP contribution >= 0.6 is 0 Å². The van der Waals surface area contributed by atoms with Crippen LogP contribution in [0.3, 0.4) is 0 Å². The Balaban J connectivity index is 1.60. The number of aryl methyl sites for hydroxylation is 2. The van der Waals surface area contributed by atoms with Gasteiger partial charge in [0.05, 0.1) is 18.3 Å². The standard InChI is InChI=1S/C18H22N4O2/c1-13-16(3-2-7-20-13)18(23)22-9-10-24-15(12-22)5-4-14-6-8-21-17(19)11-14/h2-3,6-8,11,15H,4-5,9-10,12H2,1H3,(H2,19,21). The summed E-state index contributed by atoms with van der Waals surface area (Å²) in [5.74, 6) is 0.558. The molecule has 6 nitrogen and oxygen atoms in total. The maximum atomic E-state index is 12.7. The molecule has 1 aliphatic rings. The fourth-order valence-electron chi connectivity index (χ4n) is 2.94. The van der Waals surface area contributed by atoms with Gasteiger partial charge in [-0.15, -0.1) is 0 Å². The number of carbonyl (C=O) groups is 1. The lowest BCUT2D eigenvalue weighted by Crippen LogP contribution is -2.46. The number of amides is 1. The summed E-state index contributed by atoms with van der Waals surface area (Å²) in [6.07, 6.45) is 5.15. The molecule has 3 rings (SSSR count). The van der Waals surface area contributed by atoms with Gasteiger partial charge in [-0.25, -0.2) is 4.98 Å². The van der Waals surface area contributed by atoms with E-state index in [1.807, 2.05) is 30.0 Å². The quantitative estimate of drug-likeness (QED) is 0.927. The molecule has 0 saturated carbocycles. The van der Waals surface area contributed by atoms with Crippen LogP contribution in [0.4, 0.5) is 5.82 Å². The number of nitrogens with zero attached hydrogens (tertiary/aromatic N) is 3. The van der Waals surface area contributed by atoms with Crippen molar-refractivity contribution in [2.24, 2.45) is 0 Å². The number of anilines is 1. The highest BCUT2D eigenvalue weighted by Crippen LogP contribution is 2.16. The van der Waals surface area contributed by atoms with Crippen LogP contribution < -0.4 is 5.73 Å². The SMILES string of the molecule is Cc1ncccc1C(=O)N1CCOC(CCc2ccnc(N)c2)C1. The molecule has 2 aromatic rings. The Kier molecular flexibility index (Phi) is 5.05. The van der Waals surface area contributed by atoms with Crippen molar-refractivity contribution in [3.63, 3.8) is 0 Å². The second-order valence-electron chi connectivity index (χ2n) is 6.01. The maximum Gasteiger partial charge on any atom is 0.255 e. The first-order chi connectivity index (χ1) is 11.6. The molecule has 24 heavy (non-hydrogen) atoms. The van der Waals surface area contributed by atoms with E-state index in [0.717, 1.165) is 24.1 Å². The Morgan fingerprint density at radius 2 is 2.25 bits per heavy atom. The van der Waals surface area contributed by atoms with Gasteiger partial charge in [0.15, 0.2) is 0 Å². The predicted molar refractivity (Wildman–Crippen MR) is 91.6 cm³/mol. The summed E-state index contributed by atoms with van der Waals surface area (Å²) in [4.78, 5) is 22.8. The summed E-state index contributed by atoms with van der Waals surface area (Å²) in [7, 11) is 0. The third-order valence-electron chi connectivity index (χ3n) is 4.26. The van der Waals surface area contributed by atoms with Gasteiger partial charge in [-0.2, -0.15) is 0 Å². The summed E-state index contributed by atoms with van der Waals surface area (Å²) in [6.45, 7) is 3.65. The molecular formula is C18H22N4O2. The monoisotopic (exact) mass is 326 g/mol. The van der Waals surface area contributed by atoms with Crippen molar-refractivity contribution in [3.8, 4) is 0 Å². The molecule has 0 radical (unpaired) electrons. The van der Waals surface area contributed by atoms with Gasteiger partial charge in [-0.1, -0.05) is 0 Å². The first-order valence-corrected chi connectivity index (χ1v) is 8.16. The highest BCUT2D eigenvalue weighted by Gasteiger charge is 2.25. The third-order valence-corrected chi connectivity index (χ3v) is 4.26. The van der Waals surface area contributed by atoms with Gasteiger partial charge in [-0.05, 0) is 49.6 Å². The Morgan fingerprint density at radius 1 is 1.38 bits per heavy atom. The van der Waals surface area contributed by atoms with E-state index in [1.54, 1.807) is 18.5 Å². The number of nitrogens with two attached hydrogens (primary N) is 1. The zero-order chi connectivity index (χ0) is 16.9. The van der Waals surface area contributed by atoms with Crippen molar-refractivity contribution in [1.82, 2.24) is 14.9 Å². The molecule has 2 aromatic heterocycles. The van der Waals surface area contributed by atoms with E-state index in [-0.39, 0.29) is 12.0 Å². The zero-order valence-electron chi connectivity index (χ0n) is 13.8. The van der Waals surface area contributed by atoms with E-state index in [2.05, 4.69) is 9.97 Å². The lowest BCUT2D eigenvalue weighted by molar-refractivity contribution is -0.0246. The van der Waals surface area contributed by atoms with E-state index in [9.17, 15) is 4.79 Å². The largest absolute Gasteiger partial charge is 0.384 e. The number of aromatic nitrogens is 2. The summed E-state index contributed by atoms with van der Waals surface area (Å²) in [5.41, 5.74) is 8.27. The normalized spacial score (nSPS) is 17.7. The minimum atomic E-state index is 0.0297. The van der Waals surface area contributed by atoms with Crippen LogP contribution in [-0.2, 0) is 11.2 Å². The van der Waals surface area contributed by atoms with Crippen molar-refractivity contribution in [2.75, 3.05) is 25.4 Å². The smallest absolute Gasteiger partial charge is 0.255 e. The van der Waals surface area contributed by atoms with Crippen molar-refractivity contribution < 1.29 is 9.53 Å². The predicted octanol–water partition coefficient (Wildman–Crippen LogP) is 1.84. The molecule has 1 fully saturated rings. The molecular weight excluding hydrogens is 304 g/mol. The van der Waals surface area contributed by atoms with E-state index in [4.69, 9.17) is 10.5 Å². The highest BCUT2D eigenvalue weighted by molar-refractivity contribution is 5.95. The first-order valence-electron chi connectivity index (χ1n) is 8.16. The molecule has 0 aromatic carbocycles. The Morgan fingerprint density at radius 3 is 3.04 bits per heavy atom. The van der Waals surface area contributed by atoms with Crippen LogP contribution in [0.2, 0.25) is 0 Å². The van der Waals surface area contributed by atoms with Crippen LogP contribution in [0.25, 0.3) is 0 Å². The zero-order valence-corrected chi connectivity index (χ0v) is 13.8. The number of rotatable bonds is 4. The number of nitrogen functional groups attached to an aromatic ring is 1. The Labute approximate surface area is 141 Å². The van der Waals surface area contributed by atoms with Crippen LogP contribution in [-0.4, -0.2) is 46.6 Å². The Hall–Kier alpha value is -2.47. The summed E-state index contributed by atoms with van der Waals surface area (Å²) >= 11 is 0. The molecule has 0 spiro atoms. The van der Waals surface area contributed by atoms with Gasteiger partial charge < -0.3 is 15.4 Å². The maximum absolute atomic E-state index is 12.7. The van der Waals surface area contributed by atoms with Gasteiger partial charge in [0, 0.05) is 31.2 Å². The van der Waals surface area contributed by atoms with Gasteiger partial charge in [-0.3, -0.25) is 9.78 Å². The second kappa shape index (κ2) is 7.40. The van der Waals surface area contributed by atoms with Gasteiger partial charge >= 0.3 is 0 Å². The minimum Gasteiger partial charge on any atom is -0.384 e. The number of hydrogen-bond donors (Lipinski definition) is 1. The van der Waals surface area contributed by atoms with E-state index >= 15 is 0 Å². The number of morpholine rings is 1. The average molecular weight is 326 g/mol. The van der Waals surface area contributed by atoms with Gasteiger partial charge in [0.25, 0.3) is 5.91 Å². The summed E-state index contributed by atoms with van der Waals surface area (Å²) in [5, 5.41) is 0. The number of carbonyl (C=O) groups excluding carboxylic acids is 1. The van der Waals surface area contributed by atoms with Crippen LogP contribution in [0, 0.1) is 6.92 Å². The molecule has 2 N–H and O–H groups in total. The fourth-order valence-corrected chi connectivity index (χ4v) is 2.94. The minimum absolute atomic E-state index is 0.0297. The molecule has 1 saturated heterocycles. The fraction of sp³-hybridized carbons (Fsp3) is 0.389. The second-order valence-corrected chi connectivity index (χ2v) is 6.01. The van der Waals surface area contributed by atoms with Crippen molar-refractivity contribution in [2.45, 2.75) is 25.9 Å². The third kappa shape index (κ3) is 3.89. The van der Waals surface area contributed by atoms with Gasteiger partial charge in [0.1, 0.15) is 5.82 Å². The molecule has 1 aliphatic heterocycles. The van der Waals surface area contributed by atoms with Crippen molar-refractivity contribution >= 4 is 11.7 Å². The molecule has 0 aliphatic carbocycles. The number of pyridine rings is 2.